The monoisotopic (exact) mass is 440 g/mol. The van der Waals surface area contributed by atoms with Crippen LogP contribution in [0, 0.1) is 5.92 Å². The smallest absolute Gasteiger partial charge is 0.383 e. The van der Waals surface area contributed by atoms with Crippen molar-refractivity contribution in [1.82, 2.24) is 4.57 Å². The second kappa shape index (κ2) is 9.06. The minimum absolute atomic E-state index is 0.222. The number of fused-ring (bicyclic) bond motifs is 1. The van der Waals surface area contributed by atoms with Crippen molar-refractivity contribution in [3.8, 4) is 0 Å². The molecule has 1 heterocycles. The lowest BCUT2D eigenvalue weighted by molar-refractivity contribution is -0.159. The normalized spacial score (nSPS) is 19.0. The summed E-state index contributed by atoms with van der Waals surface area (Å²) in [5, 5.41) is 2.46. The Balaban J connectivity index is 1.79. The second-order valence-corrected chi connectivity index (χ2v) is 7.42. The van der Waals surface area contributed by atoms with Crippen LogP contribution in [0.3, 0.4) is 0 Å². The fraction of sp³-hybridized carbons (Fsp3) is 0.333. The van der Waals surface area contributed by atoms with Crippen LogP contribution < -0.4 is 10.9 Å². The zero-order valence-electron chi connectivity index (χ0n) is 16.1. The molecule has 2 atom stereocenters. The Hall–Kier alpha value is -2.58. The number of nitrogens with one attached hydrogen (secondary N) is 1. The summed E-state index contributed by atoms with van der Waals surface area (Å²) < 4.78 is 45.7. The van der Waals surface area contributed by atoms with Crippen LogP contribution in [-0.2, 0) is 16.1 Å². The predicted molar refractivity (Wildman–Crippen MR) is 110 cm³/mol. The highest BCUT2D eigenvalue weighted by atomic mass is 35.5. The van der Waals surface area contributed by atoms with Crippen molar-refractivity contribution >= 4 is 34.0 Å². The van der Waals surface area contributed by atoms with E-state index < -0.39 is 23.4 Å². The number of ether oxygens (including phenoxy) is 1. The minimum Gasteiger partial charge on any atom is -0.383 e. The van der Waals surface area contributed by atoms with Gasteiger partial charge in [0.05, 0.1) is 24.3 Å². The van der Waals surface area contributed by atoms with Gasteiger partial charge in [0, 0.05) is 36.3 Å². The molecule has 0 saturated carbocycles. The maximum Gasteiger partial charge on any atom is 0.396 e. The van der Waals surface area contributed by atoms with Crippen molar-refractivity contribution in [2.75, 3.05) is 19.0 Å². The van der Waals surface area contributed by atoms with Crippen LogP contribution in [0.2, 0.25) is 0 Å². The number of carbonyl (C=O) groups excluding carboxylic acids is 1. The first-order valence-corrected chi connectivity index (χ1v) is 9.65. The van der Waals surface area contributed by atoms with Crippen LogP contribution in [-0.4, -0.2) is 35.7 Å². The molecule has 1 aromatic carbocycles. The van der Waals surface area contributed by atoms with Crippen molar-refractivity contribution in [3.05, 3.63) is 64.6 Å². The highest BCUT2D eigenvalue weighted by molar-refractivity contribution is 6.22. The highest BCUT2D eigenvalue weighted by Gasteiger charge is 2.43. The number of carbonyl (C=O) groups is 1. The lowest BCUT2D eigenvalue weighted by Gasteiger charge is -2.23. The topological polar surface area (TPSA) is 60.3 Å². The van der Waals surface area contributed by atoms with Gasteiger partial charge in [0.2, 0.25) is 5.91 Å². The summed E-state index contributed by atoms with van der Waals surface area (Å²) in [6, 6.07) is 6.63. The number of rotatable bonds is 6. The van der Waals surface area contributed by atoms with Crippen LogP contribution in [0.1, 0.15) is 6.42 Å². The number of anilines is 1. The van der Waals surface area contributed by atoms with Crippen molar-refractivity contribution in [1.29, 1.82) is 0 Å². The van der Waals surface area contributed by atoms with Gasteiger partial charge < -0.3 is 14.6 Å². The molecule has 30 heavy (non-hydrogen) atoms. The third kappa shape index (κ3) is 4.94. The van der Waals surface area contributed by atoms with Gasteiger partial charge >= 0.3 is 6.18 Å². The van der Waals surface area contributed by atoms with Gasteiger partial charge in [-0.05, 0) is 23.8 Å². The van der Waals surface area contributed by atoms with Gasteiger partial charge in [-0.2, -0.15) is 13.2 Å². The number of pyridine rings is 1. The lowest BCUT2D eigenvalue weighted by atomic mass is 9.93. The number of benzene rings is 1. The third-order valence-corrected chi connectivity index (χ3v) is 5.22. The quantitative estimate of drug-likeness (QED) is 0.683. The average molecular weight is 441 g/mol. The van der Waals surface area contributed by atoms with Crippen molar-refractivity contribution < 1.29 is 22.7 Å². The zero-order valence-corrected chi connectivity index (χ0v) is 16.8. The zero-order chi connectivity index (χ0) is 21.9. The molecule has 3 rings (SSSR count). The number of hydrogen-bond donors (Lipinski definition) is 1. The van der Waals surface area contributed by atoms with Crippen LogP contribution in [0.15, 0.2) is 59.1 Å². The Morgan fingerprint density at radius 3 is 2.73 bits per heavy atom. The summed E-state index contributed by atoms with van der Waals surface area (Å²) in [6.07, 6.45) is 0.528. The van der Waals surface area contributed by atoms with E-state index in [4.69, 9.17) is 16.3 Å². The first-order chi connectivity index (χ1) is 14.2. The lowest BCUT2D eigenvalue weighted by Crippen LogP contribution is -2.30. The largest absolute Gasteiger partial charge is 0.396 e. The summed E-state index contributed by atoms with van der Waals surface area (Å²) in [6.45, 7) is 0.775. The molecule has 1 N–H and O–H groups in total. The van der Waals surface area contributed by atoms with E-state index in [2.05, 4.69) is 5.32 Å². The van der Waals surface area contributed by atoms with E-state index >= 15 is 0 Å². The van der Waals surface area contributed by atoms with Gasteiger partial charge in [0.1, 0.15) is 0 Å². The number of hydrogen-bond acceptors (Lipinski definition) is 3. The Morgan fingerprint density at radius 1 is 1.27 bits per heavy atom. The van der Waals surface area contributed by atoms with Gasteiger partial charge in [-0.25, -0.2) is 0 Å². The molecule has 0 bridgehead atoms. The highest BCUT2D eigenvalue weighted by Crippen LogP contribution is 2.36. The van der Waals surface area contributed by atoms with Gasteiger partial charge in [-0.3, -0.25) is 9.59 Å². The molecule has 0 aliphatic heterocycles. The molecule has 2 unspecified atom stereocenters. The minimum atomic E-state index is -4.49. The molecule has 9 heteroatoms. The van der Waals surface area contributed by atoms with Gasteiger partial charge in [0.25, 0.3) is 5.56 Å². The number of methoxy groups -OCH3 is 1. The van der Waals surface area contributed by atoms with E-state index in [0.717, 1.165) is 6.08 Å². The van der Waals surface area contributed by atoms with Crippen LogP contribution in [0.25, 0.3) is 10.8 Å². The standard InChI is InChI=1S/C21H20ClF3N2O3/c1-30-10-9-27-8-7-14-15(20(27)29)3-2-4-18(14)26-19(28)12-13-5-6-17(22)16(11-13)21(23,24)25/h2-8,11,16-17H,9-10,12H2,1H3,(H,26,28). The van der Waals surface area contributed by atoms with Crippen LogP contribution in [0.5, 0.6) is 0 Å². The summed E-state index contributed by atoms with van der Waals surface area (Å²) in [5.74, 6) is -2.33. The molecule has 2 aromatic rings. The molecule has 1 aliphatic carbocycles. The number of allylic oxidation sites excluding steroid dienone is 3. The van der Waals surface area contributed by atoms with Crippen molar-refractivity contribution in [2.45, 2.75) is 24.5 Å². The van der Waals surface area contributed by atoms with Crippen molar-refractivity contribution in [2.24, 2.45) is 5.92 Å². The Kier molecular flexibility index (Phi) is 6.67. The van der Waals surface area contributed by atoms with Gasteiger partial charge in [-0.15, -0.1) is 11.6 Å². The Bertz CT molecular complexity index is 1060. The molecule has 1 aromatic heterocycles. The SMILES string of the molecule is COCCn1ccc2c(NC(=O)CC3=CC(C(F)(F)F)C(Cl)C=C3)cccc2c1=O. The van der Waals surface area contributed by atoms with E-state index in [1.807, 2.05) is 0 Å². The molecule has 0 spiro atoms. The molecule has 0 radical (unpaired) electrons. The first kappa shape index (κ1) is 22.1. The average Bonchev–Trinajstić information content (AvgIpc) is 2.68. The summed E-state index contributed by atoms with van der Waals surface area (Å²) in [5.41, 5.74) is 0.421. The number of alkyl halides is 4. The molecule has 0 saturated heterocycles. The number of nitrogens with zero attached hydrogens (tertiary/aromatic N) is 1. The maximum absolute atomic E-state index is 13.1. The summed E-state index contributed by atoms with van der Waals surface area (Å²) >= 11 is 5.73. The third-order valence-electron chi connectivity index (χ3n) is 4.80. The first-order valence-electron chi connectivity index (χ1n) is 9.21. The molecule has 1 amide bonds. The van der Waals surface area contributed by atoms with Crippen molar-refractivity contribution in [3.63, 3.8) is 0 Å². The number of amides is 1. The van der Waals surface area contributed by atoms with Gasteiger partial charge in [0.15, 0.2) is 0 Å². The summed E-state index contributed by atoms with van der Waals surface area (Å²) in [4.78, 5) is 25.1. The van der Waals surface area contributed by atoms with E-state index in [-0.39, 0.29) is 17.6 Å². The number of aromatic nitrogens is 1. The predicted octanol–water partition coefficient (Wildman–Crippen LogP) is 4.26. The van der Waals surface area contributed by atoms with E-state index in [0.29, 0.717) is 29.6 Å². The molecule has 0 fully saturated rings. The molecule has 1 aliphatic rings. The Labute approximate surface area is 175 Å². The molecular formula is C21H20ClF3N2O3. The van der Waals surface area contributed by atoms with E-state index in [9.17, 15) is 22.8 Å². The van der Waals surface area contributed by atoms with Crippen LogP contribution in [0.4, 0.5) is 18.9 Å². The fourth-order valence-corrected chi connectivity index (χ4v) is 3.57. The fourth-order valence-electron chi connectivity index (χ4n) is 3.28. The maximum atomic E-state index is 13.1. The van der Waals surface area contributed by atoms with Gasteiger partial charge in [-0.1, -0.05) is 24.3 Å². The summed E-state index contributed by atoms with van der Waals surface area (Å²) in [7, 11) is 1.54. The van der Waals surface area contributed by atoms with E-state index in [1.165, 1.54) is 16.7 Å². The Morgan fingerprint density at radius 2 is 2.03 bits per heavy atom. The molecular weight excluding hydrogens is 421 g/mol. The second-order valence-electron chi connectivity index (χ2n) is 6.91. The molecule has 5 nitrogen and oxygen atoms in total. The number of halogens is 4. The van der Waals surface area contributed by atoms with Crippen LogP contribution >= 0.6 is 11.6 Å². The molecule has 160 valence electrons. The van der Waals surface area contributed by atoms with E-state index in [1.54, 1.807) is 37.6 Å².